The van der Waals surface area contributed by atoms with E-state index in [1.54, 1.807) is 10.6 Å². The van der Waals surface area contributed by atoms with Gasteiger partial charge >= 0.3 is 0 Å². The van der Waals surface area contributed by atoms with Crippen LogP contribution in [0.25, 0.3) is 0 Å². The molecule has 1 aromatic rings. The average molecular weight is 287 g/mol. The van der Waals surface area contributed by atoms with E-state index >= 15 is 0 Å². The molecule has 0 saturated carbocycles. The third-order valence-corrected chi connectivity index (χ3v) is 4.88. The minimum absolute atomic E-state index is 0.0699. The summed E-state index contributed by atoms with van der Waals surface area (Å²) in [5.74, 6) is 6.65. The first kappa shape index (κ1) is 14.5. The van der Waals surface area contributed by atoms with E-state index in [9.17, 15) is 8.42 Å². The predicted octanol–water partition coefficient (Wildman–Crippen LogP) is 0.846. The van der Waals surface area contributed by atoms with Crippen LogP contribution >= 0.6 is 0 Å². The average Bonchev–Trinajstić information content (AvgIpc) is 2.89. The van der Waals surface area contributed by atoms with Crippen LogP contribution in [-0.2, 0) is 10.0 Å². The van der Waals surface area contributed by atoms with E-state index in [1.807, 2.05) is 12.1 Å². The van der Waals surface area contributed by atoms with Gasteiger partial charge in [-0.25, -0.2) is 18.1 Å². The summed E-state index contributed by atoms with van der Waals surface area (Å²) in [4.78, 5) is 0. The summed E-state index contributed by atoms with van der Waals surface area (Å²) in [5, 5.41) is 0. The van der Waals surface area contributed by atoms with Gasteiger partial charge < -0.3 is 4.42 Å². The highest BCUT2D eigenvalue weighted by Crippen LogP contribution is 2.28. The van der Waals surface area contributed by atoms with Gasteiger partial charge in [0.25, 0.3) is 0 Å². The largest absolute Gasteiger partial charge is 0.468 e. The number of nitrogens with zero attached hydrogens (tertiary/aromatic N) is 1. The lowest BCUT2D eigenvalue weighted by Crippen LogP contribution is -2.41. The van der Waals surface area contributed by atoms with E-state index in [0.29, 0.717) is 19.0 Å². The second kappa shape index (κ2) is 6.04. The Hall–Kier alpha value is -0.890. The Bertz CT molecular complexity index is 486. The summed E-state index contributed by atoms with van der Waals surface area (Å²) in [7, 11) is -3.10. The van der Waals surface area contributed by atoms with Gasteiger partial charge in [-0.2, -0.15) is 0 Å². The zero-order chi connectivity index (χ0) is 13.9. The fraction of sp³-hybridized carbons (Fsp3) is 0.667. The molecule has 1 aliphatic heterocycles. The van der Waals surface area contributed by atoms with E-state index in [0.717, 1.165) is 25.0 Å². The third kappa shape index (κ3) is 3.79. The Morgan fingerprint density at radius 3 is 3.00 bits per heavy atom. The molecule has 3 N–H and O–H groups in total. The van der Waals surface area contributed by atoms with Gasteiger partial charge in [-0.15, -0.1) is 0 Å². The maximum absolute atomic E-state index is 11.6. The summed E-state index contributed by atoms with van der Waals surface area (Å²) in [6, 6.07) is 3.63. The van der Waals surface area contributed by atoms with Crippen molar-refractivity contribution in [2.75, 3.05) is 19.3 Å². The summed E-state index contributed by atoms with van der Waals surface area (Å²) in [6.07, 6.45) is 5.57. The van der Waals surface area contributed by atoms with Crippen LogP contribution in [0.2, 0.25) is 0 Å². The Balaban J connectivity index is 1.98. The van der Waals surface area contributed by atoms with Crippen LogP contribution in [-0.4, -0.2) is 32.1 Å². The molecule has 0 amide bonds. The molecule has 0 bridgehead atoms. The molecule has 0 aromatic carbocycles. The van der Waals surface area contributed by atoms with Gasteiger partial charge in [-0.3, -0.25) is 5.84 Å². The zero-order valence-electron chi connectivity index (χ0n) is 11.1. The Kier molecular flexibility index (Phi) is 4.62. The Morgan fingerprint density at radius 1 is 1.63 bits per heavy atom. The molecule has 2 unspecified atom stereocenters. The van der Waals surface area contributed by atoms with Crippen molar-refractivity contribution in [2.24, 2.45) is 11.8 Å². The molecular weight excluding hydrogens is 266 g/mol. The lowest BCUT2D eigenvalue weighted by Gasteiger charge is -2.32. The molecule has 1 aromatic heterocycles. The Morgan fingerprint density at radius 2 is 2.42 bits per heavy atom. The number of hydrogen-bond donors (Lipinski definition) is 2. The van der Waals surface area contributed by atoms with Crippen molar-refractivity contribution in [3.8, 4) is 0 Å². The number of hydrazine groups is 1. The fourth-order valence-electron chi connectivity index (χ4n) is 2.61. The van der Waals surface area contributed by atoms with E-state index < -0.39 is 10.0 Å². The molecule has 2 heterocycles. The van der Waals surface area contributed by atoms with Gasteiger partial charge in [0.15, 0.2) is 0 Å². The number of sulfonamides is 1. The second-order valence-electron chi connectivity index (χ2n) is 5.10. The standard InChI is InChI=1S/C12H21N3O3S/c1-19(16,17)15-6-2-4-10(9-15)8-11(14-13)12-5-3-7-18-12/h3,5,7,10-11,14H,2,4,6,8-9,13H2,1H3. The van der Waals surface area contributed by atoms with Crippen LogP contribution < -0.4 is 11.3 Å². The summed E-state index contributed by atoms with van der Waals surface area (Å²) >= 11 is 0. The number of rotatable bonds is 5. The lowest BCUT2D eigenvalue weighted by molar-refractivity contribution is 0.230. The SMILES string of the molecule is CS(=O)(=O)N1CCCC(CC(NN)c2ccco2)C1. The highest BCUT2D eigenvalue weighted by molar-refractivity contribution is 7.88. The van der Waals surface area contributed by atoms with E-state index in [1.165, 1.54) is 6.26 Å². The third-order valence-electron chi connectivity index (χ3n) is 3.61. The van der Waals surface area contributed by atoms with Crippen molar-refractivity contribution in [3.63, 3.8) is 0 Å². The van der Waals surface area contributed by atoms with E-state index in [4.69, 9.17) is 10.3 Å². The number of nitrogens with one attached hydrogen (secondary N) is 1. The summed E-state index contributed by atoms with van der Waals surface area (Å²) < 4.78 is 30.1. The fourth-order valence-corrected chi connectivity index (χ4v) is 3.55. The number of furan rings is 1. The maximum Gasteiger partial charge on any atom is 0.211 e. The van der Waals surface area contributed by atoms with Crippen molar-refractivity contribution in [2.45, 2.75) is 25.3 Å². The summed E-state index contributed by atoms with van der Waals surface area (Å²) in [6.45, 7) is 1.19. The molecule has 2 atom stereocenters. The first-order valence-corrected chi connectivity index (χ1v) is 8.30. The monoisotopic (exact) mass is 287 g/mol. The molecule has 0 radical (unpaired) electrons. The zero-order valence-corrected chi connectivity index (χ0v) is 11.9. The van der Waals surface area contributed by atoms with Gasteiger partial charge in [0.1, 0.15) is 5.76 Å². The van der Waals surface area contributed by atoms with Gasteiger partial charge in [0.2, 0.25) is 10.0 Å². The lowest BCUT2D eigenvalue weighted by atomic mass is 9.92. The van der Waals surface area contributed by atoms with Crippen molar-refractivity contribution >= 4 is 10.0 Å². The first-order valence-electron chi connectivity index (χ1n) is 6.45. The normalized spacial score (nSPS) is 23.4. The molecule has 1 fully saturated rings. The molecule has 1 aliphatic rings. The van der Waals surface area contributed by atoms with E-state index in [-0.39, 0.29) is 6.04 Å². The van der Waals surface area contributed by atoms with Gasteiger partial charge in [0.05, 0.1) is 18.6 Å². The number of hydrogen-bond acceptors (Lipinski definition) is 5. The van der Waals surface area contributed by atoms with Crippen molar-refractivity contribution in [1.82, 2.24) is 9.73 Å². The van der Waals surface area contributed by atoms with Gasteiger partial charge in [0, 0.05) is 13.1 Å². The van der Waals surface area contributed by atoms with Crippen molar-refractivity contribution < 1.29 is 12.8 Å². The van der Waals surface area contributed by atoms with Crippen molar-refractivity contribution in [1.29, 1.82) is 0 Å². The predicted molar refractivity (Wildman–Crippen MR) is 72.5 cm³/mol. The van der Waals surface area contributed by atoms with Crippen LogP contribution in [0.3, 0.4) is 0 Å². The smallest absolute Gasteiger partial charge is 0.211 e. The molecule has 1 saturated heterocycles. The van der Waals surface area contributed by atoms with Crippen LogP contribution in [0.5, 0.6) is 0 Å². The minimum atomic E-state index is -3.10. The quantitative estimate of drug-likeness (QED) is 0.619. The molecular formula is C12H21N3O3S. The Labute approximate surface area is 114 Å². The van der Waals surface area contributed by atoms with Crippen LogP contribution in [0.1, 0.15) is 31.1 Å². The number of piperidine rings is 1. The molecule has 108 valence electrons. The molecule has 7 heteroatoms. The topological polar surface area (TPSA) is 88.6 Å². The second-order valence-corrected chi connectivity index (χ2v) is 7.08. The molecule has 0 spiro atoms. The number of nitrogens with two attached hydrogens (primary N) is 1. The van der Waals surface area contributed by atoms with Crippen LogP contribution in [0.4, 0.5) is 0 Å². The minimum Gasteiger partial charge on any atom is -0.468 e. The molecule has 2 rings (SSSR count). The van der Waals surface area contributed by atoms with Crippen LogP contribution in [0.15, 0.2) is 22.8 Å². The molecule has 19 heavy (non-hydrogen) atoms. The summed E-state index contributed by atoms with van der Waals surface area (Å²) in [5.41, 5.74) is 2.74. The highest BCUT2D eigenvalue weighted by Gasteiger charge is 2.28. The van der Waals surface area contributed by atoms with E-state index in [2.05, 4.69) is 5.43 Å². The molecule has 6 nitrogen and oxygen atoms in total. The van der Waals surface area contributed by atoms with Crippen LogP contribution in [0, 0.1) is 5.92 Å². The first-order chi connectivity index (χ1) is 9.00. The highest BCUT2D eigenvalue weighted by atomic mass is 32.2. The molecule has 0 aliphatic carbocycles. The van der Waals surface area contributed by atoms with Gasteiger partial charge in [-0.05, 0) is 37.3 Å². The van der Waals surface area contributed by atoms with Gasteiger partial charge in [-0.1, -0.05) is 0 Å². The maximum atomic E-state index is 11.6. The van der Waals surface area contributed by atoms with Crippen molar-refractivity contribution in [3.05, 3.63) is 24.2 Å².